The van der Waals surface area contributed by atoms with Gasteiger partial charge in [0.15, 0.2) is 11.5 Å². The van der Waals surface area contributed by atoms with Gasteiger partial charge >= 0.3 is 0 Å². The lowest BCUT2D eigenvalue weighted by Crippen LogP contribution is -2.44. The van der Waals surface area contributed by atoms with E-state index in [0.29, 0.717) is 13.2 Å². The predicted octanol–water partition coefficient (Wildman–Crippen LogP) is 3.25. The van der Waals surface area contributed by atoms with E-state index in [1.165, 1.54) is 5.69 Å². The van der Waals surface area contributed by atoms with Gasteiger partial charge in [-0.25, -0.2) is 0 Å². The van der Waals surface area contributed by atoms with E-state index in [2.05, 4.69) is 34.3 Å². The first-order valence-electron chi connectivity index (χ1n) is 10.0. The van der Waals surface area contributed by atoms with Gasteiger partial charge in [-0.2, -0.15) is 0 Å². The van der Waals surface area contributed by atoms with E-state index in [4.69, 9.17) is 9.47 Å². The molecule has 4 rings (SSSR count). The molecule has 0 radical (unpaired) electrons. The smallest absolute Gasteiger partial charge is 0.248 e. The summed E-state index contributed by atoms with van der Waals surface area (Å²) in [5, 5.41) is 2.94. The van der Waals surface area contributed by atoms with Crippen LogP contribution in [0.5, 0.6) is 11.5 Å². The number of hydrogen-bond acceptors (Lipinski definition) is 5. The number of benzene rings is 2. The number of nitrogens with zero attached hydrogens (tertiary/aromatic N) is 2. The van der Waals surface area contributed by atoms with E-state index in [0.717, 1.165) is 54.5 Å². The number of nitrogens with one attached hydrogen (secondary N) is 1. The molecule has 0 atom stereocenters. The molecule has 0 saturated carbocycles. The van der Waals surface area contributed by atoms with E-state index in [1.807, 2.05) is 37.3 Å². The summed E-state index contributed by atoms with van der Waals surface area (Å²) < 4.78 is 11.2. The maximum Gasteiger partial charge on any atom is 0.248 e. The van der Waals surface area contributed by atoms with Crippen LogP contribution in [-0.4, -0.2) is 57.2 Å². The molecule has 0 aliphatic carbocycles. The van der Waals surface area contributed by atoms with Gasteiger partial charge in [-0.3, -0.25) is 4.79 Å². The number of piperazine rings is 1. The summed E-state index contributed by atoms with van der Waals surface area (Å²) in [6.45, 7) is 7.23. The Morgan fingerprint density at radius 1 is 0.966 bits per heavy atom. The number of hydrogen-bond donors (Lipinski definition) is 1. The van der Waals surface area contributed by atoms with Crippen molar-refractivity contribution >= 4 is 22.9 Å². The number of allylic oxidation sites excluding steroid dienone is 1. The molecule has 2 aliphatic heterocycles. The topological polar surface area (TPSA) is 54.0 Å². The van der Waals surface area contributed by atoms with Crippen molar-refractivity contribution < 1.29 is 14.3 Å². The zero-order valence-corrected chi connectivity index (χ0v) is 17.0. The highest BCUT2D eigenvalue weighted by Crippen LogP contribution is 2.32. The van der Waals surface area contributed by atoms with Crippen molar-refractivity contribution in [2.75, 3.05) is 56.7 Å². The molecule has 0 aromatic heterocycles. The van der Waals surface area contributed by atoms with Crippen LogP contribution < -0.4 is 19.7 Å². The van der Waals surface area contributed by atoms with Crippen molar-refractivity contribution in [1.82, 2.24) is 4.90 Å². The Balaban J connectivity index is 1.38. The molecule has 1 saturated heterocycles. The standard InChI is InChI=1S/C23H27N3O3/c1-17(18-3-8-21-22(16-18)29-14-13-28-21)15-23(27)24-19-4-6-20(7-5-19)26-11-9-25(2)10-12-26/h3-8,15-16H,9-14H2,1-2H3,(H,24,27). The van der Waals surface area contributed by atoms with Crippen LogP contribution in [0, 0.1) is 0 Å². The van der Waals surface area contributed by atoms with Crippen molar-refractivity contribution in [2.45, 2.75) is 6.92 Å². The van der Waals surface area contributed by atoms with Gasteiger partial charge < -0.3 is 24.6 Å². The van der Waals surface area contributed by atoms with Crippen LogP contribution in [-0.2, 0) is 4.79 Å². The average Bonchev–Trinajstić information content (AvgIpc) is 2.74. The lowest BCUT2D eigenvalue weighted by Gasteiger charge is -2.34. The third-order valence-electron chi connectivity index (χ3n) is 5.35. The summed E-state index contributed by atoms with van der Waals surface area (Å²) in [5.74, 6) is 1.32. The van der Waals surface area contributed by atoms with Gasteiger partial charge in [0.05, 0.1) is 0 Å². The molecule has 6 nitrogen and oxygen atoms in total. The molecular formula is C23H27N3O3. The molecule has 1 N–H and O–H groups in total. The number of fused-ring (bicyclic) bond motifs is 1. The Bertz CT molecular complexity index is 900. The molecule has 29 heavy (non-hydrogen) atoms. The van der Waals surface area contributed by atoms with Crippen LogP contribution in [0.2, 0.25) is 0 Å². The summed E-state index contributed by atoms with van der Waals surface area (Å²) in [7, 11) is 2.15. The molecular weight excluding hydrogens is 366 g/mol. The number of carbonyl (C=O) groups is 1. The lowest BCUT2D eigenvalue weighted by atomic mass is 10.1. The first kappa shape index (κ1) is 19.3. The van der Waals surface area contributed by atoms with Gasteiger partial charge in [-0.05, 0) is 61.5 Å². The number of anilines is 2. The van der Waals surface area contributed by atoms with Gasteiger partial charge in [0.2, 0.25) is 5.91 Å². The van der Waals surface area contributed by atoms with Gasteiger partial charge in [-0.1, -0.05) is 6.07 Å². The predicted molar refractivity (Wildman–Crippen MR) is 116 cm³/mol. The molecule has 1 amide bonds. The first-order chi connectivity index (χ1) is 14.1. The monoisotopic (exact) mass is 393 g/mol. The molecule has 0 spiro atoms. The van der Waals surface area contributed by atoms with E-state index in [1.54, 1.807) is 6.08 Å². The Morgan fingerprint density at radius 2 is 1.66 bits per heavy atom. The maximum absolute atomic E-state index is 12.4. The fraction of sp³-hybridized carbons (Fsp3) is 0.348. The average molecular weight is 393 g/mol. The number of amides is 1. The minimum atomic E-state index is -0.148. The number of carbonyl (C=O) groups excluding carboxylic acids is 1. The maximum atomic E-state index is 12.4. The summed E-state index contributed by atoms with van der Waals surface area (Å²) in [5.41, 5.74) is 3.79. The minimum Gasteiger partial charge on any atom is -0.486 e. The van der Waals surface area contributed by atoms with E-state index >= 15 is 0 Å². The third-order valence-corrected chi connectivity index (χ3v) is 5.35. The second kappa shape index (κ2) is 8.57. The van der Waals surface area contributed by atoms with E-state index in [9.17, 15) is 4.79 Å². The van der Waals surface area contributed by atoms with Gasteiger partial charge in [-0.15, -0.1) is 0 Å². The van der Waals surface area contributed by atoms with Crippen LogP contribution in [0.1, 0.15) is 12.5 Å². The third kappa shape index (κ3) is 4.71. The minimum absolute atomic E-state index is 0.148. The molecule has 2 heterocycles. The van der Waals surface area contributed by atoms with Crippen molar-refractivity contribution in [3.05, 3.63) is 54.1 Å². The highest BCUT2D eigenvalue weighted by Gasteiger charge is 2.15. The van der Waals surface area contributed by atoms with Gasteiger partial charge in [0.25, 0.3) is 0 Å². The normalized spacial score (nSPS) is 17.2. The van der Waals surface area contributed by atoms with Crippen LogP contribution in [0.15, 0.2) is 48.5 Å². The van der Waals surface area contributed by atoms with Crippen LogP contribution in [0.3, 0.4) is 0 Å². The van der Waals surface area contributed by atoms with Crippen molar-refractivity contribution in [3.63, 3.8) is 0 Å². The Kier molecular flexibility index (Phi) is 5.71. The Labute approximate surface area is 171 Å². The van der Waals surface area contributed by atoms with E-state index < -0.39 is 0 Å². The van der Waals surface area contributed by atoms with E-state index in [-0.39, 0.29) is 5.91 Å². The number of likely N-dealkylation sites (N-methyl/N-ethyl adjacent to an activating group) is 1. The molecule has 0 unspecified atom stereocenters. The van der Waals surface area contributed by atoms with Crippen molar-refractivity contribution in [2.24, 2.45) is 0 Å². The quantitative estimate of drug-likeness (QED) is 0.808. The number of ether oxygens (including phenoxy) is 2. The second-order valence-corrected chi connectivity index (χ2v) is 7.51. The largest absolute Gasteiger partial charge is 0.486 e. The SMILES string of the molecule is CC(=CC(=O)Nc1ccc(N2CCN(C)CC2)cc1)c1ccc2c(c1)OCCO2. The highest BCUT2D eigenvalue weighted by atomic mass is 16.6. The molecule has 2 aromatic rings. The molecule has 2 aliphatic rings. The second-order valence-electron chi connectivity index (χ2n) is 7.51. The summed E-state index contributed by atoms with van der Waals surface area (Å²) in [6, 6.07) is 13.8. The van der Waals surface area contributed by atoms with Crippen LogP contribution in [0.25, 0.3) is 5.57 Å². The van der Waals surface area contributed by atoms with Gasteiger partial charge in [0.1, 0.15) is 13.2 Å². The van der Waals surface area contributed by atoms with Crippen molar-refractivity contribution in [3.8, 4) is 11.5 Å². The van der Waals surface area contributed by atoms with Crippen molar-refractivity contribution in [1.29, 1.82) is 0 Å². The van der Waals surface area contributed by atoms with Gasteiger partial charge in [0, 0.05) is 43.6 Å². The fourth-order valence-electron chi connectivity index (χ4n) is 3.57. The lowest BCUT2D eigenvalue weighted by molar-refractivity contribution is -0.111. The summed E-state index contributed by atoms with van der Waals surface area (Å²) in [6.07, 6.45) is 1.61. The number of rotatable bonds is 4. The molecule has 152 valence electrons. The fourth-order valence-corrected chi connectivity index (χ4v) is 3.57. The molecule has 1 fully saturated rings. The summed E-state index contributed by atoms with van der Waals surface area (Å²) >= 11 is 0. The van der Waals surface area contributed by atoms with Crippen LogP contribution >= 0.6 is 0 Å². The first-order valence-corrected chi connectivity index (χ1v) is 10.0. The zero-order chi connectivity index (χ0) is 20.2. The Morgan fingerprint density at radius 3 is 2.38 bits per heavy atom. The molecule has 2 aromatic carbocycles. The molecule has 0 bridgehead atoms. The zero-order valence-electron chi connectivity index (χ0n) is 17.0. The highest BCUT2D eigenvalue weighted by molar-refractivity contribution is 6.03. The Hall–Kier alpha value is -2.99. The summed E-state index contributed by atoms with van der Waals surface area (Å²) in [4.78, 5) is 17.2. The molecule has 6 heteroatoms. The van der Waals surface area contributed by atoms with Crippen LogP contribution in [0.4, 0.5) is 11.4 Å².